The average molecular weight is 266 g/mol. The van der Waals surface area contributed by atoms with Gasteiger partial charge in [-0.1, -0.05) is 19.1 Å². The van der Waals surface area contributed by atoms with Crippen molar-refractivity contribution in [2.75, 3.05) is 13.2 Å². The molecule has 1 aliphatic heterocycles. The van der Waals surface area contributed by atoms with Crippen LogP contribution < -0.4 is 0 Å². The summed E-state index contributed by atoms with van der Waals surface area (Å²) in [6.07, 6.45) is 3.80. The summed E-state index contributed by atoms with van der Waals surface area (Å²) in [7, 11) is 0. The molecule has 2 saturated carbocycles. The summed E-state index contributed by atoms with van der Waals surface area (Å²) in [6.45, 7) is 11.7. The zero-order valence-electron chi connectivity index (χ0n) is 12.4. The Bertz CT molecular complexity index is 399. The van der Waals surface area contributed by atoms with E-state index in [1.807, 2.05) is 6.92 Å². The highest BCUT2D eigenvalue weighted by molar-refractivity contribution is 5.22. The monoisotopic (exact) mass is 266 g/mol. The SMILES string of the molecule is C=C(C)[C@H]1C[C@]2(C3(C)OCCO3)CC[C@H](C)[C@]2(O)C1. The maximum atomic E-state index is 11.4. The topological polar surface area (TPSA) is 38.7 Å². The molecule has 0 aromatic rings. The minimum atomic E-state index is -0.671. The number of hydrogen-bond donors (Lipinski definition) is 1. The van der Waals surface area contributed by atoms with Crippen LogP contribution in [0.5, 0.6) is 0 Å². The third-order valence-corrected chi connectivity index (χ3v) is 6.21. The number of ether oxygens (including phenoxy) is 2. The molecule has 3 rings (SSSR count). The van der Waals surface area contributed by atoms with Gasteiger partial charge < -0.3 is 14.6 Å². The van der Waals surface area contributed by atoms with Gasteiger partial charge in [0, 0.05) is 0 Å². The van der Waals surface area contributed by atoms with Crippen molar-refractivity contribution in [1.29, 1.82) is 0 Å². The Morgan fingerprint density at radius 3 is 2.47 bits per heavy atom. The molecule has 2 aliphatic carbocycles. The van der Waals surface area contributed by atoms with Crippen LogP contribution in [0.1, 0.15) is 46.5 Å². The van der Waals surface area contributed by atoms with E-state index in [1.54, 1.807) is 0 Å². The Morgan fingerprint density at radius 1 is 1.26 bits per heavy atom. The molecule has 0 bridgehead atoms. The van der Waals surface area contributed by atoms with Gasteiger partial charge in [-0.05, 0) is 51.4 Å². The van der Waals surface area contributed by atoms with Crippen molar-refractivity contribution < 1.29 is 14.6 Å². The van der Waals surface area contributed by atoms with Crippen LogP contribution in [0.2, 0.25) is 0 Å². The lowest BCUT2D eigenvalue weighted by atomic mass is 9.68. The van der Waals surface area contributed by atoms with Crippen molar-refractivity contribution >= 4 is 0 Å². The molecule has 0 aromatic heterocycles. The first-order valence-corrected chi connectivity index (χ1v) is 7.50. The fourth-order valence-electron chi connectivity index (χ4n) is 4.88. The third kappa shape index (κ3) is 1.55. The van der Waals surface area contributed by atoms with E-state index in [4.69, 9.17) is 9.47 Å². The van der Waals surface area contributed by atoms with Crippen molar-refractivity contribution in [2.45, 2.75) is 57.8 Å². The van der Waals surface area contributed by atoms with Gasteiger partial charge in [-0.25, -0.2) is 0 Å². The van der Waals surface area contributed by atoms with E-state index >= 15 is 0 Å². The molecule has 3 heteroatoms. The summed E-state index contributed by atoms with van der Waals surface area (Å²) in [4.78, 5) is 0. The Labute approximate surface area is 116 Å². The molecule has 1 saturated heterocycles. The van der Waals surface area contributed by atoms with Crippen LogP contribution in [-0.2, 0) is 9.47 Å². The van der Waals surface area contributed by atoms with Crippen LogP contribution >= 0.6 is 0 Å². The van der Waals surface area contributed by atoms with E-state index in [-0.39, 0.29) is 5.41 Å². The van der Waals surface area contributed by atoms with Crippen LogP contribution in [0, 0.1) is 17.3 Å². The highest BCUT2D eigenvalue weighted by atomic mass is 16.7. The Hall–Kier alpha value is -0.380. The number of rotatable bonds is 2. The van der Waals surface area contributed by atoms with Crippen LogP contribution in [0.4, 0.5) is 0 Å². The average Bonchev–Trinajstić information content (AvgIpc) is 2.96. The molecule has 3 fully saturated rings. The Kier molecular flexibility index (Phi) is 2.91. The van der Waals surface area contributed by atoms with E-state index in [0.29, 0.717) is 25.0 Å². The Morgan fingerprint density at radius 2 is 1.89 bits per heavy atom. The lowest BCUT2D eigenvalue weighted by Crippen LogP contribution is -2.57. The smallest absolute Gasteiger partial charge is 0.174 e. The highest BCUT2D eigenvalue weighted by Gasteiger charge is 2.71. The summed E-state index contributed by atoms with van der Waals surface area (Å²) >= 11 is 0. The molecule has 0 aromatic carbocycles. The van der Waals surface area contributed by atoms with Gasteiger partial charge in [0.05, 0.1) is 24.2 Å². The van der Waals surface area contributed by atoms with Crippen molar-refractivity contribution in [3.63, 3.8) is 0 Å². The van der Waals surface area contributed by atoms with Crippen LogP contribution in [0.3, 0.4) is 0 Å². The second kappa shape index (κ2) is 4.06. The van der Waals surface area contributed by atoms with Gasteiger partial charge >= 0.3 is 0 Å². The van der Waals surface area contributed by atoms with Crippen LogP contribution in [-0.4, -0.2) is 29.7 Å². The first-order valence-electron chi connectivity index (χ1n) is 7.50. The largest absolute Gasteiger partial charge is 0.389 e. The zero-order chi connectivity index (χ0) is 13.9. The third-order valence-electron chi connectivity index (χ3n) is 6.21. The fourth-order valence-corrected chi connectivity index (χ4v) is 4.88. The lowest BCUT2D eigenvalue weighted by Gasteiger charge is -2.48. The second-order valence-corrected chi connectivity index (χ2v) is 7.04. The standard InChI is InChI=1S/C16H26O3/c1-11(2)13-9-15(14(4)18-7-8-19-14)6-5-12(3)16(15,17)10-13/h12-13,17H,1,5-10H2,2-4H3/t12-,13-,15-,16+/m0/s1. The quantitative estimate of drug-likeness (QED) is 0.781. The summed E-state index contributed by atoms with van der Waals surface area (Å²) in [5.41, 5.74) is 0.242. The van der Waals surface area contributed by atoms with Crippen LogP contribution in [0.15, 0.2) is 12.2 Å². The first kappa shape index (κ1) is 13.6. The van der Waals surface area contributed by atoms with Gasteiger partial charge in [-0.3, -0.25) is 0 Å². The highest BCUT2D eigenvalue weighted by Crippen LogP contribution is 2.67. The normalized spacial score (nSPS) is 48.4. The van der Waals surface area contributed by atoms with Crippen molar-refractivity contribution in [2.24, 2.45) is 17.3 Å². The van der Waals surface area contributed by atoms with Crippen molar-refractivity contribution in [3.05, 3.63) is 12.2 Å². The van der Waals surface area contributed by atoms with Gasteiger partial charge in [0.15, 0.2) is 5.79 Å². The van der Waals surface area contributed by atoms with E-state index < -0.39 is 11.4 Å². The van der Waals surface area contributed by atoms with Gasteiger partial charge in [0.25, 0.3) is 0 Å². The lowest BCUT2D eigenvalue weighted by molar-refractivity contribution is -0.268. The van der Waals surface area contributed by atoms with Crippen LogP contribution in [0.25, 0.3) is 0 Å². The minimum absolute atomic E-state index is 0.264. The van der Waals surface area contributed by atoms with Crippen molar-refractivity contribution in [1.82, 2.24) is 0 Å². The fraction of sp³-hybridized carbons (Fsp3) is 0.875. The molecule has 1 heterocycles. The molecule has 0 amide bonds. The maximum Gasteiger partial charge on any atom is 0.174 e. The van der Waals surface area contributed by atoms with E-state index in [9.17, 15) is 5.11 Å². The number of fused-ring (bicyclic) bond motifs is 1. The summed E-state index contributed by atoms with van der Waals surface area (Å²) in [5.74, 6) is 0.0651. The molecule has 1 N–H and O–H groups in total. The summed E-state index contributed by atoms with van der Waals surface area (Å²) in [6, 6.07) is 0. The first-order chi connectivity index (χ1) is 8.85. The second-order valence-electron chi connectivity index (χ2n) is 7.04. The molecule has 108 valence electrons. The molecule has 0 unspecified atom stereocenters. The number of aliphatic hydroxyl groups is 1. The summed E-state index contributed by atoms with van der Waals surface area (Å²) < 4.78 is 11.9. The molecule has 3 nitrogen and oxygen atoms in total. The minimum Gasteiger partial charge on any atom is -0.389 e. The Balaban J connectivity index is 2.03. The van der Waals surface area contributed by atoms with Crippen molar-refractivity contribution in [3.8, 4) is 0 Å². The predicted octanol–water partition coefficient (Wildman–Crippen LogP) is 2.88. The van der Waals surface area contributed by atoms with E-state index in [1.165, 1.54) is 5.57 Å². The zero-order valence-corrected chi connectivity index (χ0v) is 12.4. The number of allylic oxidation sites excluding steroid dienone is 1. The predicted molar refractivity (Wildman–Crippen MR) is 73.6 cm³/mol. The van der Waals surface area contributed by atoms with E-state index in [2.05, 4.69) is 20.4 Å². The molecular weight excluding hydrogens is 240 g/mol. The van der Waals surface area contributed by atoms with Gasteiger partial charge in [0.2, 0.25) is 0 Å². The molecule has 19 heavy (non-hydrogen) atoms. The molecule has 0 radical (unpaired) electrons. The van der Waals surface area contributed by atoms with Gasteiger partial charge in [-0.15, -0.1) is 0 Å². The number of hydrogen-bond acceptors (Lipinski definition) is 3. The molecule has 0 spiro atoms. The van der Waals surface area contributed by atoms with Gasteiger partial charge in [-0.2, -0.15) is 0 Å². The summed E-state index contributed by atoms with van der Waals surface area (Å²) in [5, 5.41) is 11.4. The molecular formula is C16H26O3. The maximum absolute atomic E-state index is 11.4. The van der Waals surface area contributed by atoms with E-state index in [0.717, 1.165) is 25.7 Å². The van der Waals surface area contributed by atoms with Gasteiger partial charge in [0.1, 0.15) is 0 Å². The molecule has 4 atom stereocenters. The molecule has 3 aliphatic rings.